The van der Waals surface area contributed by atoms with Gasteiger partial charge in [-0.2, -0.15) is 0 Å². The van der Waals surface area contributed by atoms with E-state index in [-0.39, 0.29) is 6.29 Å². The monoisotopic (exact) mass is 376 g/mol. The topological polar surface area (TPSA) is 18.5 Å². The van der Waals surface area contributed by atoms with Crippen LogP contribution in [0.15, 0.2) is 0 Å². The van der Waals surface area contributed by atoms with Gasteiger partial charge >= 0.3 is 124 Å². The Morgan fingerprint density at radius 1 is 0.789 bits per heavy atom. The Hall–Kier alpha value is 0.279. The zero-order valence-corrected chi connectivity index (χ0v) is 16.9. The molecule has 2 nitrogen and oxygen atoms in total. The molecule has 0 saturated carbocycles. The van der Waals surface area contributed by atoms with Crippen LogP contribution in [0, 0.1) is 9.86 Å². The van der Waals surface area contributed by atoms with Crippen LogP contribution >= 0.6 is 0 Å². The summed E-state index contributed by atoms with van der Waals surface area (Å²) in [5.74, 6) is 3.31. The summed E-state index contributed by atoms with van der Waals surface area (Å²) in [6.45, 7) is 19.3. The van der Waals surface area contributed by atoms with E-state index in [9.17, 15) is 0 Å². The minimum absolute atomic E-state index is 0.345. The number of ether oxygens (including phenoxy) is 2. The zero-order chi connectivity index (χ0) is 15.1. The Kier molecular flexibility index (Phi) is 9.39. The molecule has 0 unspecified atom stereocenters. The Morgan fingerprint density at radius 2 is 1.16 bits per heavy atom. The number of rotatable bonds is 7. The first-order valence-corrected chi connectivity index (χ1v) is 14.0. The molecular weight excluding hydrogens is 343 g/mol. The van der Waals surface area contributed by atoms with Crippen LogP contribution in [0.25, 0.3) is 0 Å². The van der Waals surface area contributed by atoms with Crippen molar-refractivity contribution in [3.05, 3.63) is 0 Å². The second-order valence-electron chi connectivity index (χ2n) is 5.91. The second kappa shape index (κ2) is 9.26. The minimum atomic E-state index is -2.53. The van der Waals surface area contributed by atoms with Crippen LogP contribution in [0.2, 0.25) is 11.8 Å². The molecule has 0 aromatic heterocycles. The molecule has 112 valence electrons. The van der Waals surface area contributed by atoms with Crippen molar-refractivity contribution in [2.45, 2.75) is 73.5 Å². The van der Waals surface area contributed by atoms with Gasteiger partial charge in [-0.1, -0.05) is 0 Å². The summed E-state index contributed by atoms with van der Waals surface area (Å²) in [6, 6.07) is 0. The third kappa shape index (κ3) is 5.28. The Labute approximate surface area is 124 Å². The summed E-state index contributed by atoms with van der Waals surface area (Å²) in [7, 11) is 0. The van der Waals surface area contributed by atoms with E-state index in [2.05, 4.69) is 51.4 Å². The molecule has 0 aromatic carbocycles. The van der Waals surface area contributed by atoms with Gasteiger partial charge in [-0.25, -0.2) is 0 Å². The van der Waals surface area contributed by atoms with Crippen molar-refractivity contribution < 1.29 is 9.47 Å². The molecule has 0 saturated heterocycles. The normalized spacial score (nSPS) is 12.4. The van der Waals surface area contributed by atoms with Gasteiger partial charge in [0.2, 0.25) is 0 Å². The fraction of sp³-hybridized carbons (Fsp3) is 0.875. The van der Waals surface area contributed by atoms with Gasteiger partial charge in [0.15, 0.2) is 0 Å². The van der Waals surface area contributed by atoms with E-state index in [1.807, 2.05) is 13.8 Å². The van der Waals surface area contributed by atoms with Crippen LogP contribution in [0.3, 0.4) is 0 Å². The average Bonchev–Trinajstić information content (AvgIpc) is 2.28. The van der Waals surface area contributed by atoms with E-state index in [1.54, 1.807) is 0 Å². The number of hydrogen-bond acceptors (Lipinski definition) is 2. The molecule has 0 amide bonds. The molecule has 19 heavy (non-hydrogen) atoms. The Morgan fingerprint density at radius 3 is 1.42 bits per heavy atom. The molecule has 0 N–H and O–H groups in total. The van der Waals surface area contributed by atoms with Crippen molar-refractivity contribution in [2.24, 2.45) is 0 Å². The van der Waals surface area contributed by atoms with Crippen LogP contribution in [0.5, 0.6) is 0 Å². The van der Waals surface area contributed by atoms with Crippen molar-refractivity contribution in [3.63, 3.8) is 0 Å². The Balaban J connectivity index is 5.31. The fourth-order valence-electron chi connectivity index (χ4n) is 3.05. The molecule has 0 aromatic rings. The van der Waals surface area contributed by atoms with Gasteiger partial charge in [0, 0.05) is 0 Å². The average molecular weight is 375 g/mol. The molecule has 0 rings (SSSR count). The van der Waals surface area contributed by atoms with Crippen LogP contribution in [-0.4, -0.2) is 37.9 Å². The maximum atomic E-state index is 5.55. The Bertz CT molecular complexity index is 272. The van der Waals surface area contributed by atoms with Gasteiger partial charge in [0.1, 0.15) is 0 Å². The van der Waals surface area contributed by atoms with Gasteiger partial charge in [0.25, 0.3) is 0 Å². The predicted molar refractivity (Wildman–Crippen MR) is 85.9 cm³/mol. The molecule has 0 aliphatic rings. The first-order valence-electron chi connectivity index (χ1n) is 7.58. The van der Waals surface area contributed by atoms with Crippen LogP contribution < -0.4 is 0 Å². The molecule has 0 fully saturated rings. The van der Waals surface area contributed by atoms with Gasteiger partial charge < -0.3 is 0 Å². The van der Waals surface area contributed by atoms with Crippen LogP contribution in [0.1, 0.15) is 55.4 Å². The van der Waals surface area contributed by atoms with Gasteiger partial charge in [0.05, 0.1) is 0 Å². The molecule has 0 bridgehead atoms. The molecule has 0 radical (unpaired) electrons. The SMILES string of the molecule is CCOC(C#[C][Sn]([CH](C)C)([CH](C)C)[CH](C)C)OCC. The molecule has 0 spiro atoms. The maximum absolute atomic E-state index is 5.55. The quantitative estimate of drug-likeness (QED) is 0.368. The van der Waals surface area contributed by atoms with Gasteiger partial charge in [-0.3, -0.25) is 0 Å². The standard InChI is InChI=1S/C7H11O2.3C3H7.Sn/c1-4-7(8-5-2)9-6-3;3*1-3-2;/h7H,5-6H2,2-3H3;3*3H,1-2H3;. The van der Waals surface area contributed by atoms with Crippen LogP contribution in [0.4, 0.5) is 0 Å². The van der Waals surface area contributed by atoms with E-state index in [0.717, 1.165) is 0 Å². The van der Waals surface area contributed by atoms with E-state index in [4.69, 9.17) is 9.47 Å². The first kappa shape index (κ1) is 19.3. The first-order chi connectivity index (χ1) is 8.82. The zero-order valence-electron chi connectivity index (χ0n) is 14.0. The molecule has 0 aliphatic carbocycles. The van der Waals surface area contributed by atoms with Crippen molar-refractivity contribution in [1.29, 1.82) is 0 Å². The van der Waals surface area contributed by atoms with Crippen molar-refractivity contribution >= 4 is 18.4 Å². The fourth-order valence-corrected chi connectivity index (χ4v) is 18.0. The predicted octanol–water partition coefficient (Wildman–Crippen LogP) is 4.61. The molecule has 3 heteroatoms. The molecular formula is C16H32O2Sn. The van der Waals surface area contributed by atoms with Crippen LogP contribution in [-0.2, 0) is 9.47 Å². The summed E-state index contributed by atoms with van der Waals surface area (Å²) in [6.07, 6.45) is -0.345. The summed E-state index contributed by atoms with van der Waals surface area (Å²) >= 11 is -2.53. The molecule has 0 aliphatic heterocycles. The summed E-state index contributed by atoms with van der Waals surface area (Å²) < 4.78 is 17.0. The van der Waals surface area contributed by atoms with Crippen molar-refractivity contribution in [3.8, 4) is 9.86 Å². The summed E-state index contributed by atoms with van der Waals surface area (Å²) in [4.78, 5) is 0. The summed E-state index contributed by atoms with van der Waals surface area (Å²) in [5.41, 5.74) is 0. The third-order valence-electron chi connectivity index (χ3n) is 3.91. The van der Waals surface area contributed by atoms with Crippen molar-refractivity contribution in [1.82, 2.24) is 0 Å². The van der Waals surface area contributed by atoms with E-state index in [1.165, 1.54) is 0 Å². The summed E-state index contributed by atoms with van der Waals surface area (Å²) in [5, 5.41) is 0. The van der Waals surface area contributed by atoms with E-state index >= 15 is 0 Å². The van der Waals surface area contributed by atoms with E-state index < -0.39 is 18.4 Å². The van der Waals surface area contributed by atoms with Gasteiger partial charge in [-0.15, -0.1) is 0 Å². The second-order valence-corrected chi connectivity index (χ2v) is 21.8. The molecule has 0 heterocycles. The molecule has 0 atom stereocenters. The van der Waals surface area contributed by atoms with Crippen molar-refractivity contribution in [2.75, 3.05) is 13.2 Å². The third-order valence-corrected chi connectivity index (χ3v) is 21.9. The van der Waals surface area contributed by atoms with E-state index in [0.29, 0.717) is 25.0 Å². The number of hydrogen-bond donors (Lipinski definition) is 0. The van der Waals surface area contributed by atoms with Gasteiger partial charge in [-0.05, 0) is 0 Å².